The first-order valence-corrected chi connectivity index (χ1v) is 6.66. The van der Waals surface area contributed by atoms with Gasteiger partial charge in [-0.05, 0) is 36.4 Å². The lowest BCUT2D eigenvalue weighted by molar-refractivity contribution is 0.459. The molecule has 4 nitrogen and oxygen atoms in total. The first-order valence-electron chi connectivity index (χ1n) is 5.91. The molecule has 0 saturated heterocycles. The highest BCUT2D eigenvalue weighted by Gasteiger charge is 2.11. The summed E-state index contributed by atoms with van der Waals surface area (Å²) in [4.78, 5) is 2.70. The van der Waals surface area contributed by atoms with E-state index in [-0.39, 0.29) is 11.6 Å². The van der Waals surface area contributed by atoms with Crippen molar-refractivity contribution in [2.24, 2.45) is 10.2 Å². The van der Waals surface area contributed by atoms with Gasteiger partial charge in [-0.25, -0.2) is 4.39 Å². The van der Waals surface area contributed by atoms with E-state index in [2.05, 4.69) is 15.2 Å². The predicted molar refractivity (Wildman–Crippen MR) is 80.6 cm³/mol. The Morgan fingerprint density at radius 2 is 1.71 bits per heavy atom. The molecule has 7 heteroatoms. The van der Waals surface area contributed by atoms with Gasteiger partial charge < -0.3 is 10.1 Å². The molecular formula is C14H8Cl2FN3O. The Balaban J connectivity index is 2.06. The van der Waals surface area contributed by atoms with Crippen molar-refractivity contribution in [2.45, 2.75) is 0 Å². The average molecular weight is 324 g/mol. The molecule has 0 atom stereocenters. The summed E-state index contributed by atoms with van der Waals surface area (Å²) in [5, 5.41) is 19.0. The Labute approximate surface area is 128 Å². The maximum atomic E-state index is 13.3. The van der Waals surface area contributed by atoms with Crippen molar-refractivity contribution < 1.29 is 9.50 Å². The number of aromatic nitrogens is 1. The number of nitrogens with zero attached hydrogens (tertiary/aromatic N) is 2. The Hall–Kier alpha value is -2.11. The standard InChI is InChI=1S/C14H8Cl2FN3O/c15-7-3-8(16)5-10(4-7)19-20-13-11-6-9(17)1-2-12(11)18-14(13)21/h1-6,18,21H. The van der Waals surface area contributed by atoms with Crippen LogP contribution in [0.2, 0.25) is 10.0 Å². The Morgan fingerprint density at radius 1 is 1.00 bits per heavy atom. The molecule has 0 saturated carbocycles. The van der Waals surface area contributed by atoms with Crippen LogP contribution in [0.15, 0.2) is 46.6 Å². The second-order valence-electron chi connectivity index (χ2n) is 4.34. The minimum absolute atomic E-state index is 0.153. The van der Waals surface area contributed by atoms with Crippen molar-refractivity contribution >= 4 is 45.5 Å². The van der Waals surface area contributed by atoms with Crippen molar-refractivity contribution in [3.8, 4) is 5.88 Å². The molecule has 0 radical (unpaired) electrons. The topological polar surface area (TPSA) is 60.7 Å². The molecule has 3 aromatic rings. The Kier molecular flexibility index (Phi) is 3.53. The van der Waals surface area contributed by atoms with Gasteiger partial charge in [0.1, 0.15) is 5.82 Å². The largest absolute Gasteiger partial charge is 0.493 e. The van der Waals surface area contributed by atoms with Gasteiger partial charge in [-0.1, -0.05) is 23.2 Å². The molecule has 0 amide bonds. The minimum atomic E-state index is -0.427. The number of aromatic hydroxyl groups is 1. The van der Waals surface area contributed by atoms with E-state index in [1.54, 1.807) is 18.2 Å². The number of fused-ring (bicyclic) bond motifs is 1. The lowest BCUT2D eigenvalue weighted by Crippen LogP contribution is -1.72. The summed E-state index contributed by atoms with van der Waals surface area (Å²) in [6.07, 6.45) is 0. The zero-order valence-corrected chi connectivity index (χ0v) is 12.0. The fourth-order valence-corrected chi connectivity index (χ4v) is 2.46. The van der Waals surface area contributed by atoms with E-state index >= 15 is 0 Å². The number of aromatic amines is 1. The summed E-state index contributed by atoms with van der Waals surface area (Å²) in [5.74, 6) is -0.615. The number of H-pyrrole nitrogens is 1. The molecular weight excluding hydrogens is 316 g/mol. The molecule has 106 valence electrons. The van der Waals surface area contributed by atoms with Gasteiger partial charge in [0.05, 0.1) is 11.2 Å². The summed E-state index contributed by atoms with van der Waals surface area (Å²) >= 11 is 11.7. The lowest BCUT2D eigenvalue weighted by Gasteiger charge is -1.96. The summed E-state index contributed by atoms with van der Waals surface area (Å²) in [6, 6.07) is 8.79. The summed E-state index contributed by atoms with van der Waals surface area (Å²) in [7, 11) is 0. The van der Waals surface area contributed by atoms with Gasteiger partial charge >= 0.3 is 0 Å². The molecule has 0 spiro atoms. The molecule has 1 aromatic heterocycles. The molecule has 21 heavy (non-hydrogen) atoms. The van der Waals surface area contributed by atoms with Crippen LogP contribution in [0.25, 0.3) is 10.9 Å². The van der Waals surface area contributed by atoms with Gasteiger partial charge in [-0.3, -0.25) is 0 Å². The number of halogens is 3. The molecule has 2 N–H and O–H groups in total. The average Bonchev–Trinajstić information content (AvgIpc) is 2.70. The van der Waals surface area contributed by atoms with E-state index in [1.807, 2.05) is 0 Å². The van der Waals surface area contributed by atoms with Gasteiger partial charge in [-0.15, -0.1) is 5.11 Å². The van der Waals surface area contributed by atoms with Crippen LogP contribution in [0.4, 0.5) is 15.8 Å². The van der Waals surface area contributed by atoms with Crippen LogP contribution in [-0.4, -0.2) is 10.1 Å². The number of nitrogens with one attached hydrogen (secondary N) is 1. The number of hydrogen-bond donors (Lipinski definition) is 2. The number of azo groups is 1. The summed E-state index contributed by atoms with van der Waals surface area (Å²) < 4.78 is 13.3. The molecule has 1 heterocycles. The Bertz CT molecular complexity index is 841. The maximum Gasteiger partial charge on any atom is 0.218 e. The van der Waals surface area contributed by atoms with E-state index in [4.69, 9.17) is 23.2 Å². The fourth-order valence-electron chi connectivity index (χ4n) is 1.94. The van der Waals surface area contributed by atoms with Gasteiger partial charge in [0.2, 0.25) is 5.88 Å². The molecule has 0 aliphatic heterocycles. The molecule has 0 unspecified atom stereocenters. The van der Waals surface area contributed by atoms with Crippen LogP contribution >= 0.6 is 23.2 Å². The van der Waals surface area contributed by atoms with Crippen LogP contribution in [0.3, 0.4) is 0 Å². The highest BCUT2D eigenvalue weighted by atomic mass is 35.5. The third-order valence-corrected chi connectivity index (χ3v) is 3.26. The predicted octanol–water partition coefficient (Wildman–Crippen LogP) is 5.73. The summed E-state index contributed by atoms with van der Waals surface area (Å²) in [5.41, 5.74) is 1.14. The first kappa shape index (κ1) is 13.9. The van der Waals surface area contributed by atoms with Gasteiger partial charge in [0.25, 0.3) is 0 Å². The second kappa shape index (κ2) is 5.35. The number of rotatable bonds is 2. The van der Waals surface area contributed by atoms with Crippen molar-refractivity contribution in [1.29, 1.82) is 0 Å². The normalized spacial score (nSPS) is 11.6. The molecule has 0 aliphatic carbocycles. The van der Waals surface area contributed by atoms with Crippen molar-refractivity contribution in [1.82, 2.24) is 4.98 Å². The molecule has 0 bridgehead atoms. The zero-order valence-electron chi connectivity index (χ0n) is 10.4. The summed E-state index contributed by atoms with van der Waals surface area (Å²) in [6.45, 7) is 0. The van der Waals surface area contributed by atoms with Gasteiger partial charge in [0.15, 0.2) is 5.69 Å². The van der Waals surface area contributed by atoms with Crippen LogP contribution in [-0.2, 0) is 0 Å². The van der Waals surface area contributed by atoms with E-state index in [0.717, 1.165) is 0 Å². The number of benzene rings is 2. The molecule has 0 fully saturated rings. The fraction of sp³-hybridized carbons (Fsp3) is 0. The highest BCUT2D eigenvalue weighted by Crippen LogP contribution is 2.37. The second-order valence-corrected chi connectivity index (χ2v) is 5.21. The van der Waals surface area contributed by atoms with Crippen LogP contribution < -0.4 is 0 Å². The Morgan fingerprint density at radius 3 is 2.43 bits per heavy atom. The third-order valence-electron chi connectivity index (χ3n) is 2.83. The van der Waals surface area contributed by atoms with E-state index in [9.17, 15) is 9.50 Å². The monoisotopic (exact) mass is 323 g/mol. The molecule has 0 aliphatic rings. The van der Waals surface area contributed by atoms with Gasteiger partial charge in [-0.2, -0.15) is 5.11 Å². The number of hydrogen-bond acceptors (Lipinski definition) is 3. The van der Waals surface area contributed by atoms with E-state index in [1.165, 1.54) is 18.2 Å². The quantitative estimate of drug-likeness (QED) is 0.581. The first-order chi connectivity index (χ1) is 10.0. The van der Waals surface area contributed by atoms with Crippen LogP contribution in [0.1, 0.15) is 0 Å². The van der Waals surface area contributed by atoms with E-state index in [0.29, 0.717) is 26.6 Å². The van der Waals surface area contributed by atoms with Gasteiger partial charge in [0, 0.05) is 15.4 Å². The van der Waals surface area contributed by atoms with Crippen LogP contribution in [0.5, 0.6) is 5.88 Å². The molecule has 3 rings (SSSR count). The van der Waals surface area contributed by atoms with Crippen molar-refractivity contribution in [3.63, 3.8) is 0 Å². The van der Waals surface area contributed by atoms with Crippen LogP contribution in [0, 0.1) is 5.82 Å². The highest BCUT2D eigenvalue weighted by molar-refractivity contribution is 6.35. The minimum Gasteiger partial charge on any atom is -0.493 e. The van der Waals surface area contributed by atoms with E-state index < -0.39 is 5.82 Å². The third kappa shape index (κ3) is 2.84. The SMILES string of the molecule is Oc1[nH]c2ccc(F)cc2c1N=Nc1cc(Cl)cc(Cl)c1. The molecule has 2 aromatic carbocycles. The maximum absolute atomic E-state index is 13.3. The zero-order chi connectivity index (χ0) is 15.0. The van der Waals surface area contributed by atoms with Crippen molar-refractivity contribution in [2.75, 3.05) is 0 Å². The lowest BCUT2D eigenvalue weighted by atomic mass is 10.2. The smallest absolute Gasteiger partial charge is 0.218 e. The van der Waals surface area contributed by atoms with Crippen molar-refractivity contribution in [3.05, 3.63) is 52.3 Å².